The van der Waals surface area contributed by atoms with Crippen LogP contribution >= 0.6 is 0 Å². The summed E-state index contributed by atoms with van der Waals surface area (Å²) in [4.78, 5) is 28.1. The van der Waals surface area contributed by atoms with Gasteiger partial charge in [-0.25, -0.2) is 4.39 Å². The number of anilines is 1. The summed E-state index contributed by atoms with van der Waals surface area (Å²) in [6, 6.07) is 4.59. The molecule has 162 valence electrons. The Hall–Kier alpha value is -2.70. The molecule has 30 heavy (non-hydrogen) atoms. The normalized spacial score (nSPS) is 14.5. The number of piperazine rings is 1. The number of halogens is 1. The van der Waals surface area contributed by atoms with Crippen molar-refractivity contribution >= 4 is 17.4 Å². The minimum atomic E-state index is -0.397. The van der Waals surface area contributed by atoms with Gasteiger partial charge < -0.3 is 9.80 Å². The Labute approximate surface area is 177 Å². The second-order valence-electron chi connectivity index (χ2n) is 8.49. The standard InChI is InChI=1S/C23H31FN4O2/c1-15(2)14-28-17(4)20(16(3)25-28)13-23(30)27-10-8-26(9-11-27)22-7-6-19(18(5)29)12-21(22)24/h6-7,12,15H,8-11,13-14H2,1-5H3. The van der Waals surface area contributed by atoms with Gasteiger partial charge in [-0.1, -0.05) is 13.8 Å². The molecular formula is C23H31FN4O2. The van der Waals surface area contributed by atoms with Crippen molar-refractivity contribution in [1.29, 1.82) is 0 Å². The van der Waals surface area contributed by atoms with Gasteiger partial charge >= 0.3 is 0 Å². The first-order valence-electron chi connectivity index (χ1n) is 10.5. The molecule has 0 radical (unpaired) electrons. The number of carbonyl (C=O) groups is 2. The number of ketones is 1. The van der Waals surface area contributed by atoms with Crippen LogP contribution in [0.2, 0.25) is 0 Å². The van der Waals surface area contributed by atoms with Crippen LogP contribution in [-0.4, -0.2) is 52.5 Å². The first-order valence-corrected chi connectivity index (χ1v) is 10.5. The van der Waals surface area contributed by atoms with Crippen LogP contribution < -0.4 is 4.90 Å². The van der Waals surface area contributed by atoms with Crippen molar-refractivity contribution in [2.24, 2.45) is 5.92 Å². The largest absolute Gasteiger partial charge is 0.366 e. The fraction of sp³-hybridized carbons (Fsp3) is 0.522. The minimum Gasteiger partial charge on any atom is -0.366 e. The molecule has 0 saturated carbocycles. The van der Waals surface area contributed by atoms with Crippen LogP contribution in [-0.2, 0) is 17.8 Å². The van der Waals surface area contributed by atoms with Gasteiger partial charge in [-0.2, -0.15) is 5.10 Å². The number of carbonyl (C=O) groups excluding carboxylic acids is 2. The van der Waals surface area contributed by atoms with E-state index < -0.39 is 5.82 Å². The van der Waals surface area contributed by atoms with Crippen LogP contribution in [0.4, 0.5) is 10.1 Å². The van der Waals surface area contributed by atoms with Crippen molar-refractivity contribution in [3.8, 4) is 0 Å². The number of hydrogen-bond donors (Lipinski definition) is 0. The number of rotatable bonds is 6. The number of aryl methyl sites for hydroxylation is 1. The molecule has 1 amide bonds. The maximum Gasteiger partial charge on any atom is 0.227 e. The topological polar surface area (TPSA) is 58.4 Å². The highest BCUT2D eigenvalue weighted by molar-refractivity contribution is 5.94. The van der Waals surface area contributed by atoms with Gasteiger partial charge in [0.15, 0.2) is 5.78 Å². The Morgan fingerprint density at radius 3 is 2.37 bits per heavy atom. The summed E-state index contributed by atoms with van der Waals surface area (Å²) >= 11 is 0. The molecule has 2 aromatic rings. The molecule has 0 N–H and O–H groups in total. The van der Waals surface area contributed by atoms with E-state index in [1.165, 1.54) is 13.0 Å². The molecule has 6 nitrogen and oxygen atoms in total. The van der Waals surface area contributed by atoms with Gasteiger partial charge in [0.2, 0.25) is 5.91 Å². The van der Waals surface area contributed by atoms with Gasteiger partial charge in [0, 0.05) is 49.5 Å². The summed E-state index contributed by atoms with van der Waals surface area (Å²) < 4.78 is 16.4. The summed E-state index contributed by atoms with van der Waals surface area (Å²) in [6.45, 7) is 12.8. The molecule has 1 fully saturated rings. The second kappa shape index (κ2) is 8.98. The highest BCUT2D eigenvalue weighted by atomic mass is 19.1. The smallest absolute Gasteiger partial charge is 0.227 e. The van der Waals surface area contributed by atoms with Crippen LogP contribution in [0.15, 0.2) is 18.2 Å². The fourth-order valence-corrected chi connectivity index (χ4v) is 3.96. The Morgan fingerprint density at radius 1 is 1.13 bits per heavy atom. The molecule has 0 aliphatic carbocycles. The summed E-state index contributed by atoms with van der Waals surface area (Å²) in [5.41, 5.74) is 3.82. The number of Topliss-reactive ketones (excluding diaryl/α,β-unsaturated/α-hetero) is 1. The molecule has 1 saturated heterocycles. The molecule has 0 bridgehead atoms. The maximum atomic E-state index is 14.4. The van der Waals surface area contributed by atoms with E-state index >= 15 is 0 Å². The molecule has 1 aliphatic heterocycles. The lowest BCUT2D eigenvalue weighted by molar-refractivity contribution is -0.130. The predicted octanol–water partition coefficient (Wildman–Crippen LogP) is 3.39. The zero-order valence-corrected chi connectivity index (χ0v) is 18.5. The van der Waals surface area contributed by atoms with Gasteiger partial charge in [0.1, 0.15) is 5.82 Å². The molecule has 1 aromatic heterocycles. The molecule has 1 aromatic carbocycles. The Balaban J connectivity index is 1.62. The Kier molecular flexibility index (Phi) is 6.58. The first-order chi connectivity index (χ1) is 14.2. The summed E-state index contributed by atoms with van der Waals surface area (Å²) in [7, 11) is 0. The molecule has 0 spiro atoms. The molecule has 7 heteroatoms. The average Bonchev–Trinajstić information content (AvgIpc) is 2.94. The molecular weight excluding hydrogens is 383 g/mol. The van der Waals surface area contributed by atoms with E-state index in [9.17, 15) is 14.0 Å². The lowest BCUT2D eigenvalue weighted by atomic mass is 10.1. The van der Waals surface area contributed by atoms with Crippen molar-refractivity contribution in [2.75, 3.05) is 31.1 Å². The summed E-state index contributed by atoms with van der Waals surface area (Å²) in [6.07, 6.45) is 0.345. The van der Waals surface area contributed by atoms with E-state index in [1.807, 2.05) is 28.3 Å². The predicted molar refractivity (Wildman–Crippen MR) is 115 cm³/mol. The number of amides is 1. The molecule has 2 heterocycles. The second-order valence-corrected chi connectivity index (χ2v) is 8.49. The van der Waals surface area contributed by atoms with E-state index in [1.54, 1.807) is 12.1 Å². The SMILES string of the molecule is CC(=O)c1ccc(N2CCN(C(=O)Cc3c(C)nn(CC(C)C)c3C)CC2)c(F)c1. The Morgan fingerprint density at radius 2 is 1.80 bits per heavy atom. The fourth-order valence-electron chi connectivity index (χ4n) is 3.96. The Bertz CT molecular complexity index is 943. The number of aromatic nitrogens is 2. The number of benzene rings is 1. The highest BCUT2D eigenvalue weighted by Gasteiger charge is 2.25. The number of hydrogen-bond acceptors (Lipinski definition) is 4. The number of nitrogens with zero attached hydrogens (tertiary/aromatic N) is 4. The van der Waals surface area contributed by atoms with Gasteiger partial charge in [0.25, 0.3) is 0 Å². The van der Waals surface area contributed by atoms with Gasteiger partial charge in [-0.15, -0.1) is 0 Å². The van der Waals surface area contributed by atoms with Crippen molar-refractivity contribution in [2.45, 2.75) is 47.6 Å². The van der Waals surface area contributed by atoms with Crippen molar-refractivity contribution < 1.29 is 14.0 Å². The van der Waals surface area contributed by atoms with Crippen LogP contribution in [0.25, 0.3) is 0 Å². The molecule has 0 unspecified atom stereocenters. The molecule has 0 atom stereocenters. The van der Waals surface area contributed by atoms with E-state index in [4.69, 9.17) is 0 Å². The molecule has 1 aliphatic rings. The third-order valence-corrected chi connectivity index (χ3v) is 5.72. The molecule has 3 rings (SSSR count). The van der Waals surface area contributed by atoms with E-state index in [0.717, 1.165) is 23.5 Å². The van der Waals surface area contributed by atoms with Crippen molar-refractivity contribution in [3.63, 3.8) is 0 Å². The lowest BCUT2D eigenvalue weighted by Gasteiger charge is -2.36. The van der Waals surface area contributed by atoms with E-state index in [0.29, 0.717) is 49.8 Å². The van der Waals surface area contributed by atoms with Crippen LogP contribution in [0.5, 0.6) is 0 Å². The monoisotopic (exact) mass is 414 g/mol. The van der Waals surface area contributed by atoms with Gasteiger partial charge in [0.05, 0.1) is 17.8 Å². The summed E-state index contributed by atoms with van der Waals surface area (Å²) in [5, 5.41) is 4.60. The highest BCUT2D eigenvalue weighted by Crippen LogP contribution is 2.23. The van der Waals surface area contributed by atoms with Crippen molar-refractivity contribution in [1.82, 2.24) is 14.7 Å². The van der Waals surface area contributed by atoms with Crippen LogP contribution in [0.1, 0.15) is 48.1 Å². The van der Waals surface area contributed by atoms with Crippen LogP contribution in [0.3, 0.4) is 0 Å². The zero-order chi connectivity index (χ0) is 22.0. The van der Waals surface area contributed by atoms with Gasteiger partial charge in [-0.05, 0) is 44.9 Å². The quantitative estimate of drug-likeness (QED) is 0.680. The third-order valence-electron chi connectivity index (χ3n) is 5.72. The van der Waals surface area contributed by atoms with Crippen molar-refractivity contribution in [3.05, 3.63) is 46.5 Å². The van der Waals surface area contributed by atoms with Crippen LogP contribution in [0, 0.1) is 25.6 Å². The minimum absolute atomic E-state index is 0.0809. The maximum absolute atomic E-state index is 14.4. The van der Waals surface area contributed by atoms with Gasteiger partial charge in [-0.3, -0.25) is 14.3 Å². The zero-order valence-electron chi connectivity index (χ0n) is 18.5. The van der Waals surface area contributed by atoms with E-state index in [2.05, 4.69) is 18.9 Å². The summed E-state index contributed by atoms with van der Waals surface area (Å²) in [5.74, 6) is 0.0198. The van der Waals surface area contributed by atoms with E-state index in [-0.39, 0.29) is 11.7 Å². The first kappa shape index (κ1) is 22.0. The lowest BCUT2D eigenvalue weighted by Crippen LogP contribution is -2.49. The third kappa shape index (κ3) is 4.71. The average molecular weight is 415 g/mol.